The minimum Gasteiger partial charge on any atom is -0.469 e. The predicted molar refractivity (Wildman–Crippen MR) is 76.3 cm³/mol. The predicted octanol–water partition coefficient (Wildman–Crippen LogP) is 1.08. The van der Waals surface area contributed by atoms with E-state index in [1.807, 2.05) is 0 Å². The maximum absolute atomic E-state index is 12.2. The second-order valence-electron chi connectivity index (χ2n) is 6.82. The molecule has 0 aliphatic heterocycles. The summed E-state index contributed by atoms with van der Waals surface area (Å²) in [5, 5.41) is 21.3. The van der Waals surface area contributed by atoms with Gasteiger partial charge in [-0.3, -0.25) is 9.59 Å². The zero-order valence-corrected chi connectivity index (χ0v) is 13.0. The Kier molecular flexibility index (Phi) is 4.02. The largest absolute Gasteiger partial charge is 0.469 e. The summed E-state index contributed by atoms with van der Waals surface area (Å²) in [4.78, 5) is 24.0. The molecule has 0 aromatic heterocycles. The summed E-state index contributed by atoms with van der Waals surface area (Å²) >= 11 is 0. The minimum absolute atomic E-state index is 0.0674. The molecule has 0 heterocycles. The fourth-order valence-electron chi connectivity index (χ4n) is 4.13. The topological polar surface area (TPSA) is 83.8 Å². The number of methoxy groups -OCH3 is 1. The molecule has 2 aliphatic rings. The first-order valence-corrected chi connectivity index (χ1v) is 7.37. The van der Waals surface area contributed by atoms with Crippen molar-refractivity contribution in [3.63, 3.8) is 0 Å². The Labute approximate surface area is 125 Å². The molecule has 0 bridgehead atoms. The van der Waals surface area contributed by atoms with E-state index in [-0.39, 0.29) is 17.7 Å². The molecule has 0 unspecified atom stereocenters. The van der Waals surface area contributed by atoms with Gasteiger partial charge in [0, 0.05) is 11.3 Å². The highest BCUT2D eigenvalue weighted by Crippen LogP contribution is 2.53. The van der Waals surface area contributed by atoms with E-state index in [9.17, 15) is 19.8 Å². The zero-order valence-electron chi connectivity index (χ0n) is 13.0. The normalized spacial score (nSPS) is 44.1. The van der Waals surface area contributed by atoms with E-state index in [1.165, 1.54) is 19.3 Å². The van der Waals surface area contributed by atoms with Crippen LogP contribution in [0.4, 0.5) is 0 Å². The lowest BCUT2D eigenvalue weighted by molar-refractivity contribution is -0.172. The fraction of sp³-hybridized carbons (Fsp3) is 0.750. The summed E-state index contributed by atoms with van der Waals surface area (Å²) in [5.74, 6) is -1.84. The second kappa shape index (κ2) is 5.21. The Morgan fingerprint density at radius 1 is 1.48 bits per heavy atom. The van der Waals surface area contributed by atoms with Crippen molar-refractivity contribution in [2.45, 2.75) is 45.3 Å². The van der Waals surface area contributed by atoms with Crippen LogP contribution in [0.2, 0.25) is 0 Å². The van der Waals surface area contributed by atoms with Gasteiger partial charge in [-0.1, -0.05) is 13.8 Å². The molecule has 1 saturated carbocycles. The molecular formula is C16H24O5. The molecule has 5 nitrogen and oxygen atoms in total. The van der Waals surface area contributed by atoms with Crippen molar-refractivity contribution in [1.82, 2.24) is 0 Å². The molecule has 0 amide bonds. The van der Waals surface area contributed by atoms with Gasteiger partial charge in [0.05, 0.1) is 24.7 Å². The molecule has 0 radical (unpaired) electrons. The van der Waals surface area contributed by atoms with Gasteiger partial charge in [-0.2, -0.15) is 0 Å². The molecule has 2 aliphatic carbocycles. The number of fused-ring (bicyclic) bond motifs is 1. The van der Waals surface area contributed by atoms with Crippen LogP contribution >= 0.6 is 0 Å². The molecule has 0 spiro atoms. The minimum atomic E-state index is -1.27. The van der Waals surface area contributed by atoms with Crippen molar-refractivity contribution in [2.75, 3.05) is 7.11 Å². The number of carbonyl (C=O) groups excluding carboxylic acids is 2. The molecule has 6 atom stereocenters. The van der Waals surface area contributed by atoms with E-state index in [1.54, 1.807) is 20.8 Å². The van der Waals surface area contributed by atoms with Gasteiger partial charge in [-0.15, -0.1) is 0 Å². The fourth-order valence-corrected chi connectivity index (χ4v) is 4.13. The lowest BCUT2D eigenvalue weighted by Gasteiger charge is -2.53. The lowest BCUT2D eigenvalue weighted by Crippen LogP contribution is -2.60. The summed E-state index contributed by atoms with van der Waals surface area (Å²) in [6, 6.07) is 0. The van der Waals surface area contributed by atoms with Gasteiger partial charge in [0.25, 0.3) is 0 Å². The van der Waals surface area contributed by atoms with Crippen LogP contribution in [-0.4, -0.2) is 40.8 Å². The van der Waals surface area contributed by atoms with E-state index in [2.05, 4.69) is 0 Å². The summed E-state index contributed by atoms with van der Waals surface area (Å²) in [6.07, 6.45) is 3.03. The van der Waals surface area contributed by atoms with Gasteiger partial charge in [0.2, 0.25) is 0 Å². The van der Waals surface area contributed by atoms with Crippen LogP contribution in [0.5, 0.6) is 0 Å². The van der Waals surface area contributed by atoms with Crippen molar-refractivity contribution in [3.8, 4) is 0 Å². The number of ketones is 1. The van der Waals surface area contributed by atoms with Crippen LogP contribution in [0.1, 0.15) is 33.6 Å². The number of allylic oxidation sites excluding steroid dienone is 1. The first-order valence-electron chi connectivity index (χ1n) is 7.37. The molecule has 0 aromatic rings. The second-order valence-corrected chi connectivity index (χ2v) is 6.82. The Hall–Kier alpha value is -1.20. The lowest BCUT2D eigenvalue weighted by atomic mass is 9.52. The molecular weight excluding hydrogens is 272 g/mol. The van der Waals surface area contributed by atoms with E-state index >= 15 is 0 Å². The van der Waals surface area contributed by atoms with Gasteiger partial charge >= 0.3 is 5.97 Å². The van der Waals surface area contributed by atoms with Gasteiger partial charge < -0.3 is 14.9 Å². The van der Waals surface area contributed by atoms with Gasteiger partial charge in [-0.05, 0) is 37.8 Å². The quantitative estimate of drug-likeness (QED) is 0.745. The zero-order chi connectivity index (χ0) is 16.0. The Morgan fingerprint density at radius 2 is 2.10 bits per heavy atom. The highest BCUT2D eigenvalue weighted by molar-refractivity contribution is 5.96. The van der Waals surface area contributed by atoms with Crippen molar-refractivity contribution < 1.29 is 24.5 Å². The summed E-state index contributed by atoms with van der Waals surface area (Å²) < 4.78 is 4.75. The number of hydrogen-bond donors (Lipinski definition) is 2. The third-order valence-electron chi connectivity index (χ3n) is 5.44. The molecule has 0 aromatic carbocycles. The number of ether oxygens (including phenoxy) is 1. The van der Waals surface area contributed by atoms with Crippen molar-refractivity contribution in [1.29, 1.82) is 0 Å². The van der Waals surface area contributed by atoms with E-state index in [0.29, 0.717) is 12.8 Å². The number of carbonyl (C=O) groups is 2. The number of hydrogen-bond acceptors (Lipinski definition) is 5. The number of esters is 1. The average molecular weight is 296 g/mol. The molecule has 0 saturated heterocycles. The first kappa shape index (κ1) is 16.2. The molecule has 118 valence electrons. The van der Waals surface area contributed by atoms with Gasteiger partial charge in [0.1, 0.15) is 0 Å². The van der Waals surface area contributed by atoms with Crippen LogP contribution in [0.3, 0.4) is 0 Å². The maximum atomic E-state index is 12.2. The summed E-state index contributed by atoms with van der Waals surface area (Å²) in [7, 11) is 1.32. The average Bonchev–Trinajstić information content (AvgIpc) is 2.42. The third kappa shape index (κ3) is 2.42. The maximum Gasteiger partial charge on any atom is 0.308 e. The summed E-state index contributed by atoms with van der Waals surface area (Å²) in [5.41, 5.74) is -2.05. The summed E-state index contributed by atoms with van der Waals surface area (Å²) in [6.45, 7) is 5.12. The Balaban J connectivity index is 2.36. The van der Waals surface area contributed by atoms with E-state index in [0.717, 1.165) is 0 Å². The number of rotatable bonds is 2. The van der Waals surface area contributed by atoms with Crippen molar-refractivity contribution >= 4 is 11.8 Å². The standard InChI is InChI=1S/C16H24O5/c1-9(14(19)21-4)10-5-7-15(2)11(17)6-8-16(3,20)13(15)12(10)18/h6,8-10,12-13,18,20H,5,7H2,1-4H3/t9-,10-,12-,13-,15+,16+/m1/s1. The highest BCUT2D eigenvalue weighted by Gasteiger charge is 2.58. The van der Waals surface area contributed by atoms with Gasteiger partial charge in [-0.25, -0.2) is 0 Å². The SMILES string of the molecule is COC(=O)[C@H](C)[C@H]1CC[C@@]2(C)C(=O)C=C[C@](C)(O)[C@@H]2[C@@H]1O. The first-order chi connectivity index (χ1) is 9.65. The highest BCUT2D eigenvalue weighted by atomic mass is 16.5. The Bertz CT molecular complexity index is 481. The van der Waals surface area contributed by atoms with Crippen molar-refractivity contribution in [2.24, 2.45) is 23.2 Å². The smallest absolute Gasteiger partial charge is 0.308 e. The van der Waals surface area contributed by atoms with Gasteiger partial charge in [0.15, 0.2) is 5.78 Å². The van der Waals surface area contributed by atoms with Crippen molar-refractivity contribution in [3.05, 3.63) is 12.2 Å². The van der Waals surface area contributed by atoms with Crippen LogP contribution < -0.4 is 0 Å². The van der Waals surface area contributed by atoms with Crippen LogP contribution in [-0.2, 0) is 14.3 Å². The third-order valence-corrected chi connectivity index (χ3v) is 5.44. The molecule has 5 heteroatoms. The molecule has 2 N–H and O–H groups in total. The number of aliphatic hydroxyl groups is 2. The molecule has 21 heavy (non-hydrogen) atoms. The van der Waals surface area contributed by atoms with Crippen LogP contribution in [0.15, 0.2) is 12.2 Å². The molecule has 1 fully saturated rings. The van der Waals surface area contributed by atoms with E-state index in [4.69, 9.17) is 4.74 Å². The number of aliphatic hydroxyl groups excluding tert-OH is 1. The van der Waals surface area contributed by atoms with E-state index < -0.39 is 29.0 Å². The monoisotopic (exact) mass is 296 g/mol. The molecule has 2 rings (SSSR count). The van der Waals surface area contributed by atoms with Crippen LogP contribution in [0, 0.1) is 23.2 Å². The Morgan fingerprint density at radius 3 is 2.67 bits per heavy atom. The van der Waals surface area contributed by atoms with Crippen LogP contribution in [0.25, 0.3) is 0 Å².